The summed E-state index contributed by atoms with van der Waals surface area (Å²) in [4.78, 5) is 16.9. The van der Waals surface area contributed by atoms with Crippen molar-refractivity contribution in [1.82, 2.24) is 14.2 Å². The zero-order valence-corrected chi connectivity index (χ0v) is 16.3. The van der Waals surface area contributed by atoms with E-state index in [9.17, 15) is 26.4 Å². The lowest BCUT2D eigenvalue weighted by molar-refractivity contribution is -0.164. The van der Waals surface area contributed by atoms with Gasteiger partial charge in [0.05, 0.1) is 0 Å². The molecule has 27 heavy (non-hydrogen) atoms. The minimum Gasteiger partial charge on any atom is -0.333 e. The minimum absolute atomic E-state index is 0.0160. The van der Waals surface area contributed by atoms with Crippen molar-refractivity contribution in [3.05, 3.63) is 23.5 Å². The number of alkyl halides is 3. The molecule has 11 heteroatoms. The van der Waals surface area contributed by atoms with Crippen LogP contribution in [0.25, 0.3) is 0 Å². The van der Waals surface area contributed by atoms with E-state index in [-0.39, 0.29) is 42.5 Å². The molecule has 0 atom stereocenters. The van der Waals surface area contributed by atoms with Crippen molar-refractivity contribution < 1.29 is 26.4 Å². The number of nitrogens with zero attached hydrogens (tertiary/aromatic N) is 3. The quantitative estimate of drug-likeness (QED) is 0.654. The van der Waals surface area contributed by atoms with Crippen molar-refractivity contribution in [2.24, 2.45) is 5.92 Å². The van der Waals surface area contributed by atoms with Crippen molar-refractivity contribution >= 4 is 27.5 Å². The maximum atomic E-state index is 12.7. The Morgan fingerprint density at radius 2 is 2.00 bits per heavy atom. The summed E-state index contributed by atoms with van der Waals surface area (Å²) >= 11 is 5.86. The third kappa shape index (κ3) is 5.55. The Morgan fingerprint density at radius 1 is 1.37 bits per heavy atom. The van der Waals surface area contributed by atoms with E-state index in [2.05, 4.69) is 4.98 Å². The highest BCUT2D eigenvalue weighted by Crippen LogP contribution is 2.28. The predicted molar refractivity (Wildman–Crippen MR) is 93.7 cm³/mol. The number of sulfonamides is 1. The number of aromatic nitrogens is 1. The number of amides is 1. The van der Waals surface area contributed by atoms with Gasteiger partial charge in [0.15, 0.2) is 0 Å². The van der Waals surface area contributed by atoms with Crippen LogP contribution in [0.15, 0.2) is 23.2 Å². The molecule has 6 nitrogen and oxygen atoms in total. The molecule has 0 aliphatic carbocycles. The van der Waals surface area contributed by atoms with Crippen molar-refractivity contribution in [2.75, 3.05) is 26.2 Å². The maximum absolute atomic E-state index is 12.7. The van der Waals surface area contributed by atoms with Crippen LogP contribution >= 0.6 is 11.6 Å². The second-order valence-electron chi connectivity index (χ2n) is 6.35. The summed E-state index contributed by atoms with van der Waals surface area (Å²) in [5.41, 5.74) is 0. The van der Waals surface area contributed by atoms with Gasteiger partial charge in [-0.3, -0.25) is 4.79 Å². The molecule has 1 amide bonds. The first-order valence-corrected chi connectivity index (χ1v) is 10.3. The third-order valence-electron chi connectivity index (χ3n) is 4.32. The molecule has 0 unspecified atom stereocenters. The van der Waals surface area contributed by atoms with Crippen molar-refractivity contribution in [3.63, 3.8) is 0 Å². The van der Waals surface area contributed by atoms with E-state index >= 15 is 0 Å². The summed E-state index contributed by atoms with van der Waals surface area (Å²) in [5.74, 6) is -1.21. The third-order valence-corrected chi connectivity index (χ3v) is 6.66. The molecule has 0 bridgehead atoms. The van der Waals surface area contributed by atoms with Crippen LogP contribution in [0.3, 0.4) is 0 Å². The summed E-state index contributed by atoms with van der Waals surface area (Å²) in [7, 11) is -3.87. The van der Waals surface area contributed by atoms with Gasteiger partial charge in [-0.1, -0.05) is 18.5 Å². The Kier molecular flexibility index (Phi) is 7.09. The standard InChI is InChI=1S/C16H21ClF3N3O3S/c1-2-8-22(11-16(18,19)20)15(24)12-5-9-23(10-6-12)27(25,26)13-4-3-7-21-14(13)17/h3-4,7,12H,2,5-6,8-11H2,1H3. The van der Waals surface area contributed by atoms with Gasteiger partial charge in [-0.05, 0) is 31.4 Å². The van der Waals surface area contributed by atoms with Gasteiger partial charge in [0.2, 0.25) is 15.9 Å². The molecule has 2 heterocycles. The van der Waals surface area contributed by atoms with Crippen LogP contribution < -0.4 is 0 Å². The first-order valence-electron chi connectivity index (χ1n) is 8.52. The molecule has 0 N–H and O–H groups in total. The van der Waals surface area contributed by atoms with Crippen molar-refractivity contribution in [1.29, 1.82) is 0 Å². The Bertz CT molecular complexity index is 766. The molecule has 2 rings (SSSR count). The second kappa shape index (κ2) is 8.74. The number of hydrogen-bond acceptors (Lipinski definition) is 4. The Morgan fingerprint density at radius 3 is 2.52 bits per heavy atom. The van der Waals surface area contributed by atoms with E-state index in [1.54, 1.807) is 6.92 Å². The molecule has 0 aromatic carbocycles. The highest BCUT2D eigenvalue weighted by atomic mass is 35.5. The average molecular weight is 428 g/mol. The van der Waals surface area contributed by atoms with E-state index in [1.165, 1.54) is 22.6 Å². The summed E-state index contributed by atoms with van der Waals surface area (Å²) in [6.45, 7) is 0.501. The van der Waals surface area contributed by atoms with Gasteiger partial charge in [-0.25, -0.2) is 13.4 Å². The number of carbonyl (C=O) groups excluding carboxylic acids is 1. The molecule has 1 aliphatic heterocycles. The van der Waals surface area contributed by atoms with E-state index < -0.39 is 34.6 Å². The van der Waals surface area contributed by atoms with Crippen LogP contribution in [-0.2, 0) is 14.8 Å². The molecule has 152 valence electrons. The zero-order chi connectivity index (χ0) is 20.2. The number of halogens is 4. The van der Waals surface area contributed by atoms with Crippen molar-refractivity contribution in [3.8, 4) is 0 Å². The average Bonchev–Trinajstić information content (AvgIpc) is 2.60. The smallest absolute Gasteiger partial charge is 0.333 e. The zero-order valence-electron chi connectivity index (χ0n) is 14.7. The molecule has 0 radical (unpaired) electrons. The van der Waals surface area contributed by atoms with Gasteiger partial charge in [0.25, 0.3) is 0 Å². The molecule has 1 fully saturated rings. The van der Waals surface area contributed by atoms with Crippen LogP contribution in [0.2, 0.25) is 5.15 Å². The summed E-state index contributed by atoms with van der Waals surface area (Å²) < 4.78 is 64.6. The van der Waals surface area contributed by atoms with Crippen molar-refractivity contribution in [2.45, 2.75) is 37.3 Å². The number of pyridine rings is 1. The lowest BCUT2D eigenvalue weighted by Gasteiger charge is -2.34. The highest BCUT2D eigenvalue weighted by Gasteiger charge is 2.38. The second-order valence-corrected chi connectivity index (χ2v) is 8.61. The number of carbonyl (C=O) groups is 1. The Labute approximate surface area is 161 Å². The Hall–Kier alpha value is -1.39. The van der Waals surface area contributed by atoms with Gasteiger partial charge in [-0.2, -0.15) is 17.5 Å². The van der Waals surface area contributed by atoms with Gasteiger partial charge >= 0.3 is 6.18 Å². The first kappa shape index (κ1) is 21.9. The fraction of sp³-hybridized carbons (Fsp3) is 0.625. The molecule has 0 spiro atoms. The summed E-state index contributed by atoms with van der Waals surface area (Å²) in [6, 6.07) is 2.79. The molecule has 1 saturated heterocycles. The topological polar surface area (TPSA) is 70.6 Å². The van der Waals surface area contributed by atoms with Gasteiger partial charge in [0.1, 0.15) is 16.6 Å². The summed E-state index contributed by atoms with van der Waals surface area (Å²) in [5, 5.41) is -0.144. The summed E-state index contributed by atoms with van der Waals surface area (Å²) in [6.07, 6.45) is -2.36. The predicted octanol–water partition coefficient (Wildman–Crippen LogP) is 2.94. The lowest BCUT2D eigenvalue weighted by Crippen LogP contribution is -2.47. The van der Waals surface area contributed by atoms with E-state index in [1.807, 2.05) is 0 Å². The van der Waals surface area contributed by atoms with Crippen LogP contribution in [0.1, 0.15) is 26.2 Å². The van der Waals surface area contributed by atoms with Gasteiger partial charge in [0, 0.05) is 31.7 Å². The monoisotopic (exact) mass is 427 g/mol. The lowest BCUT2D eigenvalue weighted by atomic mass is 9.96. The molecule has 0 saturated carbocycles. The normalized spacial score (nSPS) is 17.1. The van der Waals surface area contributed by atoms with Crippen LogP contribution in [0, 0.1) is 5.92 Å². The molecular weight excluding hydrogens is 407 g/mol. The molecule has 1 aliphatic rings. The van der Waals surface area contributed by atoms with Crippen LogP contribution in [0.5, 0.6) is 0 Å². The first-order chi connectivity index (χ1) is 12.6. The number of hydrogen-bond donors (Lipinski definition) is 0. The van der Waals surface area contributed by atoms with Gasteiger partial charge in [-0.15, -0.1) is 0 Å². The van der Waals surface area contributed by atoms with E-state index in [4.69, 9.17) is 11.6 Å². The van der Waals surface area contributed by atoms with E-state index in [0.29, 0.717) is 6.42 Å². The molecule has 1 aromatic heterocycles. The number of rotatable bonds is 6. The molecule has 1 aromatic rings. The Balaban J connectivity index is 2.05. The maximum Gasteiger partial charge on any atom is 0.406 e. The van der Waals surface area contributed by atoms with Crippen LogP contribution in [-0.4, -0.2) is 60.9 Å². The van der Waals surface area contributed by atoms with Crippen LogP contribution in [0.4, 0.5) is 13.2 Å². The largest absolute Gasteiger partial charge is 0.406 e. The molecular formula is C16H21ClF3N3O3S. The van der Waals surface area contributed by atoms with E-state index in [0.717, 1.165) is 4.90 Å². The van der Waals surface area contributed by atoms with Gasteiger partial charge < -0.3 is 4.90 Å². The SMILES string of the molecule is CCCN(CC(F)(F)F)C(=O)C1CCN(S(=O)(=O)c2cccnc2Cl)CC1. The fourth-order valence-corrected chi connectivity index (χ4v) is 4.96. The fourth-order valence-electron chi connectivity index (χ4n) is 3.06. The minimum atomic E-state index is -4.47. The number of piperidine rings is 1. The highest BCUT2D eigenvalue weighted by molar-refractivity contribution is 7.89.